The third-order valence-corrected chi connectivity index (χ3v) is 4.97. The molecule has 0 atom stereocenters. The van der Waals surface area contributed by atoms with E-state index in [1.165, 1.54) is 17.8 Å². The maximum Gasteiger partial charge on any atom is 0.286 e. The number of nitrogens with zero attached hydrogens (tertiary/aromatic N) is 6. The molecular weight excluding hydrogens is 368 g/mol. The quantitative estimate of drug-likeness (QED) is 0.345. The molecular formula is C21H16N6O2. The molecule has 0 N–H and O–H groups in total. The zero-order valence-electron chi connectivity index (χ0n) is 15.6. The molecule has 0 aliphatic heterocycles. The van der Waals surface area contributed by atoms with Gasteiger partial charge in [0.05, 0.1) is 41.3 Å². The summed E-state index contributed by atoms with van der Waals surface area (Å²) in [5, 5.41) is 15.6. The summed E-state index contributed by atoms with van der Waals surface area (Å²) in [6.07, 6.45) is 6.76. The van der Waals surface area contributed by atoms with Crippen LogP contribution in [0.1, 0.15) is 11.3 Å². The lowest BCUT2D eigenvalue weighted by molar-refractivity contribution is -0.385. The molecule has 8 heteroatoms. The molecule has 5 aromatic rings. The highest BCUT2D eigenvalue weighted by Gasteiger charge is 2.13. The Morgan fingerprint density at radius 3 is 2.62 bits per heavy atom. The lowest BCUT2D eigenvalue weighted by Gasteiger charge is -2.06. The van der Waals surface area contributed by atoms with E-state index in [9.17, 15) is 10.1 Å². The Hall–Kier alpha value is -4.07. The molecule has 0 radical (unpaired) electrons. The maximum atomic E-state index is 11.1. The molecule has 5 rings (SSSR count). The van der Waals surface area contributed by atoms with E-state index in [2.05, 4.69) is 52.3 Å². The van der Waals surface area contributed by atoms with Crippen molar-refractivity contribution in [2.24, 2.45) is 0 Å². The van der Waals surface area contributed by atoms with E-state index in [4.69, 9.17) is 0 Å². The van der Waals surface area contributed by atoms with Crippen molar-refractivity contribution in [2.45, 2.75) is 13.5 Å². The third kappa shape index (κ3) is 3.00. The highest BCUT2D eigenvalue weighted by molar-refractivity contribution is 5.80. The number of nitro groups is 1. The Morgan fingerprint density at radius 2 is 1.83 bits per heavy atom. The van der Waals surface area contributed by atoms with Gasteiger partial charge in [0.15, 0.2) is 0 Å². The van der Waals surface area contributed by atoms with Gasteiger partial charge < -0.3 is 0 Å². The van der Waals surface area contributed by atoms with Crippen molar-refractivity contribution in [3.63, 3.8) is 0 Å². The van der Waals surface area contributed by atoms with Crippen LogP contribution >= 0.6 is 0 Å². The van der Waals surface area contributed by atoms with Crippen LogP contribution in [0.3, 0.4) is 0 Å². The zero-order chi connectivity index (χ0) is 20.0. The first-order valence-corrected chi connectivity index (χ1v) is 9.07. The molecule has 0 saturated carbocycles. The van der Waals surface area contributed by atoms with Crippen molar-refractivity contribution in [2.75, 3.05) is 0 Å². The lowest BCUT2D eigenvalue weighted by atomic mass is 10.1. The van der Waals surface area contributed by atoms with Crippen LogP contribution in [0.25, 0.3) is 27.8 Å². The molecule has 142 valence electrons. The Balaban J connectivity index is 1.56. The van der Waals surface area contributed by atoms with Gasteiger partial charge in [0.1, 0.15) is 11.2 Å². The first-order valence-electron chi connectivity index (χ1n) is 9.07. The highest BCUT2D eigenvalue weighted by atomic mass is 16.6. The van der Waals surface area contributed by atoms with Crippen LogP contribution in [0.15, 0.2) is 67.3 Å². The van der Waals surface area contributed by atoms with Gasteiger partial charge in [0.2, 0.25) is 0 Å². The van der Waals surface area contributed by atoms with Gasteiger partial charge in [-0.05, 0) is 24.6 Å². The molecule has 4 heterocycles. The summed E-state index contributed by atoms with van der Waals surface area (Å²) >= 11 is 0. The number of pyridine rings is 2. The fourth-order valence-corrected chi connectivity index (χ4v) is 3.38. The van der Waals surface area contributed by atoms with E-state index < -0.39 is 4.92 Å². The Labute approximate surface area is 165 Å². The van der Waals surface area contributed by atoms with Crippen molar-refractivity contribution < 1.29 is 4.92 Å². The summed E-state index contributed by atoms with van der Waals surface area (Å²) in [6.45, 7) is 2.48. The second-order valence-corrected chi connectivity index (χ2v) is 6.92. The van der Waals surface area contributed by atoms with E-state index in [0.717, 1.165) is 27.9 Å². The van der Waals surface area contributed by atoms with E-state index in [1.54, 1.807) is 22.9 Å². The first kappa shape index (κ1) is 17.1. The fourth-order valence-electron chi connectivity index (χ4n) is 3.38. The van der Waals surface area contributed by atoms with Crippen molar-refractivity contribution in [3.05, 3.63) is 88.6 Å². The molecule has 0 aliphatic rings. The molecule has 8 nitrogen and oxygen atoms in total. The molecule has 0 unspecified atom stereocenters. The number of benzene rings is 1. The SMILES string of the molecule is Cc1ccc(-c2cnc3cnn(Cc4cnc5ccc([N+](=O)[O-])cn45)c3c2)cc1. The smallest absolute Gasteiger partial charge is 0.286 e. The fraction of sp³-hybridized carbons (Fsp3) is 0.0952. The molecule has 0 saturated heterocycles. The summed E-state index contributed by atoms with van der Waals surface area (Å²) in [6, 6.07) is 13.4. The number of aryl methyl sites for hydroxylation is 1. The average molecular weight is 384 g/mol. The second-order valence-electron chi connectivity index (χ2n) is 6.92. The zero-order valence-corrected chi connectivity index (χ0v) is 15.6. The van der Waals surface area contributed by atoms with Gasteiger partial charge in [-0.15, -0.1) is 0 Å². The molecule has 1 aromatic carbocycles. The standard InChI is InChI=1S/C21H16N6O2/c1-14-2-4-15(5-3-14)16-8-20-19(22-9-16)11-24-26(20)13-18-10-23-21-7-6-17(27(28)29)12-25(18)21/h2-12H,13H2,1H3. The third-order valence-electron chi connectivity index (χ3n) is 4.97. The van der Waals surface area contributed by atoms with Crippen LogP contribution in [0.4, 0.5) is 5.69 Å². The van der Waals surface area contributed by atoms with E-state index >= 15 is 0 Å². The minimum Gasteiger partial charge on any atom is -0.295 e. The van der Waals surface area contributed by atoms with Crippen LogP contribution in [0, 0.1) is 17.0 Å². The molecule has 0 bridgehead atoms. The molecule has 4 aromatic heterocycles. The van der Waals surface area contributed by atoms with Crippen LogP contribution in [-0.2, 0) is 6.54 Å². The summed E-state index contributed by atoms with van der Waals surface area (Å²) < 4.78 is 3.56. The van der Waals surface area contributed by atoms with Gasteiger partial charge in [-0.25, -0.2) is 4.98 Å². The number of imidazole rings is 1. The topological polar surface area (TPSA) is 91.1 Å². The van der Waals surface area contributed by atoms with Crippen LogP contribution in [0.5, 0.6) is 0 Å². The Bertz CT molecular complexity index is 1370. The summed E-state index contributed by atoms with van der Waals surface area (Å²) in [4.78, 5) is 19.6. The summed E-state index contributed by atoms with van der Waals surface area (Å²) in [5.74, 6) is 0. The lowest BCUT2D eigenvalue weighted by Crippen LogP contribution is -2.05. The number of hydrogen-bond acceptors (Lipinski definition) is 5. The van der Waals surface area contributed by atoms with Crippen LogP contribution < -0.4 is 0 Å². The van der Waals surface area contributed by atoms with Crippen LogP contribution in [-0.4, -0.2) is 29.1 Å². The normalized spacial score (nSPS) is 11.3. The van der Waals surface area contributed by atoms with E-state index in [0.29, 0.717) is 12.2 Å². The van der Waals surface area contributed by atoms with Crippen molar-refractivity contribution in [3.8, 4) is 11.1 Å². The number of rotatable bonds is 4. The second kappa shape index (κ2) is 6.52. The molecule has 0 aliphatic carbocycles. The predicted octanol–water partition coefficient (Wildman–Crippen LogP) is 4.01. The minimum atomic E-state index is -0.412. The number of hydrogen-bond donors (Lipinski definition) is 0. The van der Waals surface area contributed by atoms with Crippen molar-refractivity contribution >= 4 is 22.4 Å². The molecule has 0 fully saturated rings. The van der Waals surface area contributed by atoms with Gasteiger partial charge in [0.25, 0.3) is 5.69 Å². The highest BCUT2D eigenvalue weighted by Crippen LogP contribution is 2.24. The largest absolute Gasteiger partial charge is 0.295 e. The molecule has 29 heavy (non-hydrogen) atoms. The van der Waals surface area contributed by atoms with Gasteiger partial charge in [-0.2, -0.15) is 5.10 Å². The van der Waals surface area contributed by atoms with Gasteiger partial charge in [0, 0.05) is 17.8 Å². The maximum absolute atomic E-state index is 11.1. The predicted molar refractivity (Wildman–Crippen MR) is 109 cm³/mol. The van der Waals surface area contributed by atoms with Crippen molar-refractivity contribution in [1.82, 2.24) is 24.1 Å². The minimum absolute atomic E-state index is 0.0189. The van der Waals surface area contributed by atoms with Crippen molar-refractivity contribution in [1.29, 1.82) is 0 Å². The average Bonchev–Trinajstić information content (AvgIpc) is 3.32. The van der Waals surface area contributed by atoms with Crippen LogP contribution in [0.2, 0.25) is 0 Å². The number of fused-ring (bicyclic) bond motifs is 2. The van der Waals surface area contributed by atoms with Gasteiger partial charge in [-0.1, -0.05) is 29.8 Å². The molecule has 0 spiro atoms. The monoisotopic (exact) mass is 384 g/mol. The van der Waals surface area contributed by atoms with Gasteiger partial charge >= 0.3 is 0 Å². The number of aromatic nitrogens is 5. The first-order chi connectivity index (χ1) is 14.1. The van der Waals surface area contributed by atoms with E-state index in [1.807, 2.05) is 10.9 Å². The Morgan fingerprint density at radius 1 is 1.00 bits per heavy atom. The molecule has 0 amide bonds. The summed E-state index contributed by atoms with van der Waals surface area (Å²) in [5.41, 5.74) is 6.45. The Kier molecular flexibility index (Phi) is 3.83. The van der Waals surface area contributed by atoms with E-state index in [-0.39, 0.29) is 5.69 Å². The summed E-state index contributed by atoms with van der Waals surface area (Å²) in [7, 11) is 0. The van der Waals surface area contributed by atoms with Gasteiger partial charge in [-0.3, -0.25) is 24.2 Å².